The average molecular weight is 407 g/mol. The number of fused-ring (bicyclic) bond motifs is 1. The van der Waals surface area contributed by atoms with Gasteiger partial charge in [0.05, 0.1) is 17.3 Å². The van der Waals surface area contributed by atoms with E-state index in [1.165, 1.54) is 24.3 Å². The summed E-state index contributed by atoms with van der Waals surface area (Å²) in [4.78, 5) is 0. The van der Waals surface area contributed by atoms with Gasteiger partial charge in [-0.05, 0) is 47.9 Å². The average Bonchev–Trinajstić information content (AvgIpc) is 3.12. The molecule has 1 N–H and O–H groups in total. The molecule has 0 aliphatic carbocycles. The Bertz CT molecular complexity index is 1150. The molecule has 4 aromatic rings. The molecule has 0 saturated carbocycles. The van der Waals surface area contributed by atoms with Crippen LogP contribution in [0, 0.1) is 17.6 Å². The Morgan fingerprint density at radius 3 is 2.27 bits per heavy atom. The Labute approximate surface area is 174 Å². The second-order valence-electron chi connectivity index (χ2n) is 7.68. The second-order valence-corrected chi connectivity index (χ2v) is 7.68. The van der Waals surface area contributed by atoms with Crippen LogP contribution in [0.3, 0.4) is 0 Å². The highest BCUT2D eigenvalue weighted by atomic mass is 19.1. The van der Waals surface area contributed by atoms with Crippen molar-refractivity contribution in [2.75, 3.05) is 0 Å². The fourth-order valence-electron chi connectivity index (χ4n) is 3.55. The molecule has 3 nitrogen and oxygen atoms in total. The van der Waals surface area contributed by atoms with Gasteiger partial charge in [-0.1, -0.05) is 44.2 Å². The van der Waals surface area contributed by atoms with E-state index in [0.29, 0.717) is 34.6 Å². The standard InChI is InChI=1S/C25H23F2NO2/c1-16(2)25(29)23-14-21-22(28(23)20-10-8-18(26)9-11-20)12-19(27)13-24(21)30-15-17-6-4-3-5-7-17/h3-14,16,25,29H,15H2,1-2H3. The summed E-state index contributed by atoms with van der Waals surface area (Å²) in [5.41, 5.74) is 2.76. The zero-order chi connectivity index (χ0) is 21.3. The molecule has 30 heavy (non-hydrogen) atoms. The summed E-state index contributed by atoms with van der Waals surface area (Å²) in [5, 5.41) is 11.5. The van der Waals surface area contributed by atoms with Gasteiger partial charge in [-0.2, -0.15) is 0 Å². The van der Waals surface area contributed by atoms with Gasteiger partial charge in [0.2, 0.25) is 0 Å². The molecule has 0 saturated heterocycles. The molecule has 4 rings (SSSR count). The molecule has 0 aliphatic rings. The minimum absolute atomic E-state index is 0.0629. The van der Waals surface area contributed by atoms with E-state index >= 15 is 0 Å². The minimum Gasteiger partial charge on any atom is -0.488 e. The number of ether oxygens (including phenoxy) is 1. The molecule has 1 unspecified atom stereocenters. The molecule has 1 heterocycles. The van der Waals surface area contributed by atoms with E-state index in [1.54, 1.807) is 16.7 Å². The van der Waals surface area contributed by atoms with Crippen LogP contribution in [0.15, 0.2) is 72.8 Å². The number of aliphatic hydroxyl groups excluding tert-OH is 1. The lowest BCUT2D eigenvalue weighted by Crippen LogP contribution is -2.11. The van der Waals surface area contributed by atoms with Crippen LogP contribution in [0.4, 0.5) is 8.78 Å². The summed E-state index contributed by atoms with van der Waals surface area (Å²) >= 11 is 0. The largest absolute Gasteiger partial charge is 0.488 e. The molecule has 0 bridgehead atoms. The maximum atomic E-state index is 14.5. The number of hydrogen-bond acceptors (Lipinski definition) is 2. The van der Waals surface area contributed by atoms with Crippen molar-refractivity contribution in [3.63, 3.8) is 0 Å². The number of aliphatic hydroxyl groups is 1. The Morgan fingerprint density at radius 1 is 0.900 bits per heavy atom. The van der Waals surface area contributed by atoms with Gasteiger partial charge in [0.25, 0.3) is 0 Å². The number of aromatic nitrogens is 1. The Kier molecular flexibility index (Phi) is 5.55. The summed E-state index contributed by atoms with van der Waals surface area (Å²) in [6.07, 6.45) is -0.785. The van der Waals surface area contributed by atoms with Crippen molar-refractivity contribution in [1.29, 1.82) is 0 Å². The number of nitrogens with zero attached hydrogens (tertiary/aromatic N) is 1. The van der Waals surface area contributed by atoms with E-state index in [9.17, 15) is 13.9 Å². The van der Waals surface area contributed by atoms with Crippen LogP contribution in [0.25, 0.3) is 16.6 Å². The highest BCUT2D eigenvalue weighted by Gasteiger charge is 2.22. The van der Waals surface area contributed by atoms with Crippen LogP contribution in [-0.2, 0) is 6.61 Å². The van der Waals surface area contributed by atoms with Gasteiger partial charge in [0.15, 0.2) is 0 Å². The van der Waals surface area contributed by atoms with Crippen molar-refractivity contribution < 1.29 is 18.6 Å². The first-order valence-electron chi connectivity index (χ1n) is 9.89. The highest BCUT2D eigenvalue weighted by Crippen LogP contribution is 2.37. The quantitative estimate of drug-likeness (QED) is 0.414. The predicted molar refractivity (Wildman–Crippen MR) is 114 cm³/mol. The summed E-state index contributed by atoms with van der Waals surface area (Å²) in [6, 6.07) is 20.1. The predicted octanol–water partition coefficient (Wildman–Crippen LogP) is 6.18. The maximum Gasteiger partial charge on any atom is 0.132 e. The topological polar surface area (TPSA) is 34.4 Å². The molecule has 0 fully saturated rings. The first kappa shape index (κ1) is 20.1. The summed E-state index contributed by atoms with van der Waals surface area (Å²) in [7, 11) is 0. The van der Waals surface area contributed by atoms with Crippen molar-refractivity contribution in [3.8, 4) is 11.4 Å². The zero-order valence-corrected chi connectivity index (χ0v) is 16.8. The summed E-state index contributed by atoms with van der Waals surface area (Å²) < 4.78 is 35.7. The van der Waals surface area contributed by atoms with Gasteiger partial charge in [-0.25, -0.2) is 8.78 Å². The van der Waals surface area contributed by atoms with Gasteiger partial charge in [-0.3, -0.25) is 0 Å². The fraction of sp³-hybridized carbons (Fsp3) is 0.200. The molecule has 0 amide bonds. The van der Waals surface area contributed by atoms with Crippen molar-refractivity contribution in [1.82, 2.24) is 4.57 Å². The molecule has 0 spiro atoms. The van der Waals surface area contributed by atoms with Gasteiger partial charge in [-0.15, -0.1) is 0 Å². The molecule has 5 heteroatoms. The van der Waals surface area contributed by atoms with Crippen molar-refractivity contribution in [2.24, 2.45) is 5.92 Å². The van der Waals surface area contributed by atoms with Crippen LogP contribution >= 0.6 is 0 Å². The molecule has 1 aromatic heterocycles. The van der Waals surface area contributed by atoms with Gasteiger partial charge in [0, 0.05) is 17.1 Å². The molecular formula is C25H23F2NO2. The Hall–Kier alpha value is -3.18. The third kappa shape index (κ3) is 3.94. The van der Waals surface area contributed by atoms with E-state index in [0.717, 1.165) is 5.56 Å². The molecular weight excluding hydrogens is 384 g/mol. The van der Waals surface area contributed by atoms with Crippen LogP contribution < -0.4 is 4.74 Å². The zero-order valence-electron chi connectivity index (χ0n) is 16.8. The SMILES string of the molecule is CC(C)C(O)c1cc2c(OCc3ccccc3)cc(F)cc2n1-c1ccc(F)cc1. The third-order valence-corrected chi connectivity index (χ3v) is 5.13. The first-order valence-corrected chi connectivity index (χ1v) is 9.89. The minimum atomic E-state index is -0.785. The number of rotatable bonds is 6. The van der Waals surface area contributed by atoms with E-state index < -0.39 is 11.9 Å². The normalized spacial score (nSPS) is 12.5. The van der Waals surface area contributed by atoms with Crippen LogP contribution in [0.5, 0.6) is 5.75 Å². The maximum absolute atomic E-state index is 14.5. The van der Waals surface area contributed by atoms with Crippen LogP contribution in [-0.4, -0.2) is 9.67 Å². The smallest absolute Gasteiger partial charge is 0.132 e. The molecule has 1 atom stereocenters. The molecule has 0 radical (unpaired) electrons. The first-order chi connectivity index (χ1) is 14.4. The van der Waals surface area contributed by atoms with Crippen molar-refractivity contribution in [2.45, 2.75) is 26.6 Å². The number of hydrogen-bond donors (Lipinski definition) is 1. The second kappa shape index (κ2) is 8.28. The van der Waals surface area contributed by atoms with Crippen molar-refractivity contribution in [3.05, 3.63) is 95.7 Å². The van der Waals surface area contributed by atoms with Gasteiger partial charge < -0.3 is 14.4 Å². The third-order valence-electron chi connectivity index (χ3n) is 5.13. The Morgan fingerprint density at radius 2 is 1.60 bits per heavy atom. The lowest BCUT2D eigenvalue weighted by atomic mass is 10.0. The Balaban J connectivity index is 1.87. The molecule has 154 valence electrons. The monoisotopic (exact) mass is 407 g/mol. The number of halogens is 2. The van der Waals surface area contributed by atoms with Gasteiger partial charge in [0.1, 0.15) is 24.0 Å². The molecule has 0 aliphatic heterocycles. The number of benzene rings is 3. The highest BCUT2D eigenvalue weighted by molar-refractivity contribution is 5.89. The van der Waals surface area contributed by atoms with E-state index in [-0.39, 0.29) is 11.7 Å². The van der Waals surface area contributed by atoms with Crippen LogP contribution in [0.2, 0.25) is 0 Å². The lowest BCUT2D eigenvalue weighted by molar-refractivity contribution is 0.121. The van der Waals surface area contributed by atoms with Gasteiger partial charge >= 0.3 is 0 Å². The lowest BCUT2D eigenvalue weighted by Gasteiger charge is -2.18. The fourth-order valence-corrected chi connectivity index (χ4v) is 3.55. The van der Waals surface area contributed by atoms with E-state index in [4.69, 9.17) is 4.74 Å². The summed E-state index contributed by atoms with van der Waals surface area (Å²) in [6.45, 7) is 4.11. The summed E-state index contributed by atoms with van der Waals surface area (Å²) in [5.74, 6) is -0.476. The van der Waals surface area contributed by atoms with Crippen LogP contribution in [0.1, 0.15) is 31.2 Å². The van der Waals surface area contributed by atoms with E-state index in [1.807, 2.05) is 50.2 Å². The molecule has 3 aromatic carbocycles. The van der Waals surface area contributed by atoms with E-state index in [2.05, 4.69) is 0 Å². The van der Waals surface area contributed by atoms with Crippen molar-refractivity contribution >= 4 is 10.9 Å².